The molecule has 3 N–H and O–H groups in total. The van der Waals surface area contributed by atoms with E-state index in [1.54, 1.807) is 52.8 Å². The first-order valence-electron chi connectivity index (χ1n) is 22.4. The van der Waals surface area contributed by atoms with Crippen LogP contribution in [0.5, 0.6) is 0 Å². The minimum absolute atomic E-state index is 0.0900. The second-order valence-corrected chi connectivity index (χ2v) is 18.3. The van der Waals surface area contributed by atoms with E-state index >= 15 is 0 Å². The van der Waals surface area contributed by atoms with Crippen molar-refractivity contribution in [1.82, 2.24) is 0 Å². The average Bonchev–Trinajstić information content (AvgIpc) is 3.19. The number of hydrogen-bond acceptors (Lipinski definition) is 16. The van der Waals surface area contributed by atoms with Crippen LogP contribution < -0.4 is 0 Å². The third-order valence-electron chi connectivity index (χ3n) is 12.4. The van der Waals surface area contributed by atoms with Crippen LogP contribution in [0.2, 0.25) is 0 Å². The van der Waals surface area contributed by atoms with Crippen LogP contribution in [0.1, 0.15) is 126 Å². The van der Waals surface area contributed by atoms with Gasteiger partial charge in [0, 0.05) is 56.3 Å². The van der Waals surface area contributed by atoms with Crippen LogP contribution in [0.3, 0.4) is 0 Å². The van der Waals surface area contributed by atoms with E-state index in [2.05, 4.69) is 0 Å². The number of carbonyl (C=O) groups excluding carboxylic acids is 5. The van der Waals surface area contributed by atoms with Gasteiger partial charge in [-0.05, 0) is 57.9 Å². The Morgan fingerprint density at radius 1 is 0.922 bits per heavy atom. The Morgan fingerprint density at radius 2 is 1.66 bits per heavy atom. The molecule has 0 aliphatic carbocycles. The van der Waals surface area contributed by atoms with E-state index in [9.17, 15) is 39.3 Å². The summed E-state index contributed by atoms with van der Waals surface area (Å²) >= 11 is 0. The number of hydrogen-bond donors (Lipinski definition) is 3. The Morgan fingerprint density at radius 3 is 2.31 bits per heavy atom. The number of aliphatic hydroxyl groups excluding tert-OH is 1. The van der Waals surface area contributed by atoms with Crippen molar-refractivity contribution < 1.29 is 77.2 Å². The molecular weight excluding hydrogens is 833 g/mol. The molecule has 16 heteroatoms. The SMILES string of the molecule is CCC/C=C/C=C/C(=O)O[C@H]1/C(=C/C(=O)OC)CC2CC([C@@H](C)O)OC(=O)CCCC3CC(OC(C)=O)C(C)(C)[C@](O)(C[C@@H]4C/C(=C/C(=O)OCC)C[C@H](/C=C/C(C)(C)C1(O)O2)O4)O3. The van der Waals surface area contributed by atoms with E-state index in [1.165, 1.54) is 39.2 Å². The Hall–Kier alpha value is -4.19. The maximum absolute atomic E-state index is 13.4. The lowest BCUT2D eigenvalue weighted by molar-refractivity contribution is -0.347. The highest BCUT2D eigenvalue weighted by Gasteiger charge is 2.59. The first-order chi connectivity index (χ1) is 30.1. The number of cyclic esters (lactones) is 1. The molecule has 16 nitrogen and oxygen atoms in total. The molecule has 0 radical (unpaired) electrons. The third-order valence-corrected chi connectivity index (χ3v) is 12.4. The van der Waals surface area contributed by atoms with Crippen molar-refractivity contribution in [3.05, 3.63) is 59.8 Å². The maximum Gasteiger partial charge on any atom is 0.331 e. The summed E-state index contributed by atoms with van der Waals surface area (Å²) in [6, 6.07) is 0. The molecule has 0 amide bonds. The van der Waals surface area contributed by atoms with E-state index in [1.807, 2.05) is 13.0 Å². The van der Waals surface area contributed by atoms with E-state index in [4.69, 9.17) is 37.9 Å². The molecule has 64 heavy (non-hydrogen) atoms. The number of carbonyl (C=O) groups is 5. The van der Waals surface area contributed by atoms with Crippen LogP contribution in [-0.2, 0) is 61.9 Å². The zero-order chi connectivity index (χ0) is 47.5. The summed E-state index contributed by atoms with van der Waals surface area (Å²) in [7, 11) is 1.18. The fourth-order valence-corrected chi connectivity index (χ4v) is 8.64. The largest absolute Gasteiger partial charge is 0.466 e. The monoisotopic (exact) mass is 902 g/mol. The molecule has 4 aliphatic heterocycles. The second kappa shape index (κ2) is 22.8. The molecule has 4 aliphatic rings. The minimum Gasteiger partial charge on any atom is -0.466 e. The number of unbranched alkanes of at least 4 members (excludes halogenated alkanes) is 1. The third kappa shape index (κ3) is 13.7. The highest BCUT2D eigenvalue weighted by Crippen LogP contribution is 2.50. The summed E-state index contributed by atoms with van der Waals surface area (Å²) in [5.74, 6) is -7.71. The Kier molecular flexibility index (Phi) is 18.7. The van der Waals surface area contributed by atoms with Gasteiger partial charge in [-0.15, -0.1) is 0 Å². The fourth-order valence-electron chi connectivity index (χ4n) is 8.64. The van der Waals surface area contributed by atoms with Gasteiger partial charge < -0.3 is 53.2 Å². The molecule has 3 saturated heterocycles. The van der Waals surface area contributed by atoms with Crippen LogP contribution in [0, 0.1) is 10.8 Å². The summed E-state index contributed by atoms with van der Waals surface area (Å²) in [5, 5.41) is 36.4. The molecule has 0 aromatic heterocycles. The van der Waals surface area contributed by atoms with Crippen LogP contribution >= 0.6 is 0 Å². The van der Waals surface area contributed by atoms with E-state index < -0.39 is 101 Å². The number of ether oxygens (including phenoxy) is 8. The topological polar surface area (TPSA) is 220 Å². The highest BCUT2D eigenvalue weighted by atomic mass is 16.7. The quantitative estimate of drug-likeness (QED) is 0.0787. The molecule has 0 aromatic rings. The zero-order valence-corrected chi connectivity index (χ0v) is 38.9. The standard InChI is InChI=1S/C48H70O16/c1-10-12-13-14-15-18-41(52)62-44-33(26-42(53)57-9)25-36-27-38(30(3)49)61-40(51)19-16-17-35-28-39(59-31(4)50)46(7,8)47(55,63-35)29-37-23-32(24-43(54)58-11-2)22-34(60-37)20-21-45(5,6)48(44,56)64-36/h13-15,18,20-21,24,26,30,34-39,44,49,55-56H,10-12,16-17,19,22-23,25,27-29H2,1-9H3/b14-13+,18-15+,21-20+,32-24+,33-26+/t30-,34+,35?,36?,37+,38?,39?,44+,47+,48?/m1/s1. The molecule has 3 fully saturated rings. The van der Waals surface area contributed by atoms with Gasteiger partial charge in [-0.1, -0.05) is 77.0 Å². The molecule has 4 heterocycles. The number of rotatable bonds is 10. The van der Waals surface area contributed by atoms with Gasteiger partial charge in [0.05, 0.1) is 49.7 Å². The van der Waals surface area contributed by atoms with Crippen LogP contribution in [0.4, 0.5) is 0 Å². The fraction of sp³-hybridized carbons (Fsp3) is 0.688. The number of aliphatic hydroxyl groups is 3. The smallest absolute Gasteiger partial charge is 0.331 e. The Balaban J connectivity index is 1.87. The molecule has 358 valence electrons. The summed E-state index contributed by atoms with van der Waals surface area (Å²) in [4.78, 5) is 64.9. The van der Waals surface area contributed by atoms with Crippen molar-refractivity contribution in [2.75, 3.05) is 13.7 Å². The Labute approximate surface area is 377 Å². The van der Waals surface area contributed by atoms with Crippen molar-refractivity contribution >= 4 is 29.8 Å². The van der Waals surface area contributed by atoms with Gasteiger partial charge in [-0.2, -0.15) is 0 Å². The zero-order valence-electron chi connectivity index (χ0n) is 38.9. The van der Waals surface area contributed by atoms with Gasteiger partial charge in [0.2, 0.25) is 5.79 Å². The van der Waals surface area contributed by atoms with Crippen molar-refractivity contribution in [3.8, 4) is 0 Å². The summed E-state index contributed by atoms with van der Waals surface area (Å²) in [5.41, 5.74) is -1.83. The van der Waals surface area contributed by atoms with E-state index in [0.717, 1.165) is 18.9 Å². The number of methoxy groups -OCH3 is 1. The van der Waals surface area contributed by atoms with Crippen LogP contribution in [0.25, 0.3) is 0 Å². The van der Waals surface area contributed by atoms with Crippen LogP contribution in [0.15, 0.2) is 59.8 Å². The maximum atomic E-state index is 13.4. The van der Waals surface area contributed by atoms with E-state index in [0.29, 0.717) is 5.57 Å². The molecule has 5 unspecified atom stereocenters. The molecule has 0 spiro atoms. The molecule has 6 bridgehead atoms. The summed E-state index contributed by atoms with van der Waals surface area (Å²) in [6.45, 7) is 13.4. The number of esters is 5. The normalized spacial score (nSPS) is 34.6. The minimum atomic E-state index is -2.42. The van der Waals surface area contributed by atoms with Crippen molar-refractivity contribution in [2.45, 2.75) is 186 Å². The van der Waals surface area contributed by atoms with E-state index in [-0.39, 0.29) is 70.0 Å². The summed E-state index contributed by atoms with van der Waals surface area (Å²) < 4.78 is 47.4. The van der Waals surface area contributed by atoms with Gasteiger partial charge in [0.15, 0.2) is 11.9 Å². The second-order valence-electron chi connectivity index (χ2n) is 18.3. The number of fused-ring (bicyclic) bond motifs is 6. The summed E-state index contributed by atoms with van der Waals surface area (Å²) in [6.07, 6.45) is 6.68. The molecule has 10 atom stereocenters. The lowest BCUT2D eigenvalue weighted by Crippen LogP contribution is -2.62. The van der Waals surface area contributed by atoms with Gasteiger partial charge in [-0.3, -0.25) is 9.59 Å². The first kappa shape index (κ1) is 52.4. The number of allylic oxidation sites excluding steroid dienone is 3. The molecule has 0 saturated carbocycles. The van der Waals surface area contributed by atoms with Crippen molar-refractivity contribution in [1.29, 1.82) is 0 Å². The van der Waals surface area contributed by atoms with Crippen molar-refractivity contribution in [2.24, 2.45) is 10.8 Å². The van der Waals surface area contributed by atoms with Gasteiger partial charge in [0.1, 0.15) is 12.2 Å². The molecule has 0 aromatic carbocycles. The highest BCUT2D eigenvalue weighted by molar-refractivity contribution is 5.85. The van der Waals surface area contributed by atoms with Gasteiger partial charge in [0.25, 0.3) is 0 Å². The molecule has 4 rings (SSSR count). The van der Waals surface area contributed by atoms with Crippen LogP contribution in [-0.4, -0.2) is 119 Å². The average molecular weight is 903 g/mol. The predicted molar refractivity (Wildman–Crippen MR) is 232 cm³/mol. The van der Waals surface area contributed by atoms with Gasteiger partial charge >= 0.3 is 29.8 Å². The van der Waals surface area contributed by atoms with Gasteiger partial charge in [-0.25, -0.2) is 14.4 Å². The molecular formula is C48H70O16. The Bertz CT molecular complexity index is 1810. The predicted octanol–water partition coefficient (Wildman–Crippen LogP) is 5.70. The lowest BCUT2D eigenvalue weighted by atomic mass is 9.70. The lowest BCUT2D eigenvalue weighted by Gasteiger charge is -2.53. The first-order valence-corrected chi connectivity index (χ1v) is 22.4. The van der Waals surface area contributed by atoms with Crippen molar-refractivity contribution in [3.63, 3.8) is 0 Å².